The molecule has 0 unspecified atom stereocenters. The van der Waals surface area contributed by atoms with Gasteiger partial charge in [-0.1, -0.05) is 11.2 Å². The number of imidazole rings is 1. The number of benzene rings is 2. The maximum absolute atomic E-state index is 13.7. The third-order valence-electron chi connectivity index (χ3n) is 4.49. The Balaban J connectivity index is 1.93. The van der Waals surface area contributed by atoms with Gasteiger partial charge in [0.25, 0.3) is 0 Å². The van der Waals surface area contributed by atoms with Crippen molar-refractivity contribution in [3.63, 3.8) is 0 Å². The minimum atomic E-state index is -4.78. The second kappa shape index (κ2) is 10.0. The number of oxime groups is 1. The Morgan fingerprint density at radius 3 is 2.50 bits per heavy atom. The van der Waals surface area contributed by atoms with Crippen molar-refractivity contribution in [2.45, 2.75) is 18.9 Å². The summed E-state index contributed by atoms with van der Waals surface area (Å²) in [6.07, 6.45) is -7.99. The van der Waals surface area contributed by atoms with Crippen LogP contribution in [-0.4, -0.2) is 42.4 Å². The van der Waals surface area contributed by atoms with Gasteiger partial charge in [0.15, 0.2) is 0 Å². The van der Waals surface area contributed by atoms with E-state index >= 15 is 0 Å². The van der Waals surface area contributed by atoms with Gasteiger partial charge in [-0.3, -0.25) is 4.99 Å². The first-order valence-electron chi connectivity index (χ1n) is 9.66. The first kappa shape index (κ1) is 24.9. The average molecular weight is 487 g/mol. The molecule has 0 aliphatic rings. The summed E-state index contributed by atoms with van der Waals surface area (Å²) in [6.45, 7) is -0.865. The second-order valence-electron chi connectivity index (χ2n) is 6.91. The van der Waals surface area contributed by atoms with Crippen molar-refractivity contribution in [1.29, 1.82) is 0 Å². The van der Waals surface area contributed by atoms with Gasteiger partial charge in [0, 0.05) is 12.7 Å². The zero-order chi connectivity index (χ0) is 24.9. The van der Waals surface area contributed by atoms with E-state index in [1.54, 1.807) is 6.07 Å². The number of hydrogen-bond acceptors (Lipinski definition) is 5. The van der Waals surface area contributed by atoms with E-state index in [4.69, 9.17) is 9.57 Å². The predicted octanol–water partition coefficient (Wildman–Crippen LogP) is 5.23. The first-order chi connectivity index (χ1) is 16.0. The molecule has 0 aliphatic heterocycles. The fourth-order valence-electron chi connectivity index (χ4n) is 3.07. The van der Waals surface area contributed by atoms with Crippen molar-refractivity contribution in [2.24, 2.45) is 10.1 Å². The smallest absolute Gasteiger partial charge is 0.449 e. The number of fused-ring (bicyclic) bond motifs is 1. The van der Waals surface area contributed by atoms with Crippen LogP contribution >= 0.6 is 0 Å². The average Bonchev–Trinajstić information content (AvgIpc) is 3.14. The van der Waals surface area contributed by atoms with Crippen LogP contribution in [0.25, 0.3) is 11.0 Å². The maximum Gasteiger partial charge on any atom is 0.449 e. The number of rotatable bonds is 8. The molecule has 1 aromatic heterocycles. The van der Waals surface area contributed by atoms with Crippen LogP contribution in [0.2, 0.25) is 0 Å². The normalized spacial score (nSPS) is 13.0. The number of anilines is 1. The number of nitrogens with one attached hydrogen (secondary N) is 1. The van der Waals surface area contributed by atoms with E-state index < -0.39 is 36.9 Å². The van der Waals surface area contributed by atoms with Crippen LogP contribution < -0.4 is 10.1 Å². The van der Waals surface area contributed by atoms with Crippen LogP contribution in [0.1, 0.15) is 11.4 Å². The summed E-state index contributed by atoms with van der Waals surface area (Å²) in [5.74, 6) is -1.30. The summed E-state index contributed by atoms with van der Waals surface area (Å²) in [6, 6.07) is 8.52. The van der Waals surface area contributed by atoms with Gasteiger partial charge in [0.1, 0.15) is 25.2 Å². The number of alkyl halides is 6. The number of nitrogens with zero attached hydrogens (tertiary/aromatic N) is 4. The van der Waals surface area contributed by atoms with E-state index in [-0.39, 0.29) is 22.5 Å². The molecule has 34 heavy (non-hydrogen) atoms. The van der Waals surface area contributed by atoms with Gasteiger partial charge in [-0.05, 0) is 36.4 Å². The third kappa shape index (κ3) is 5.97. The standard InChI is InChI=1S/C21H19F6N5O2/c1-28-12-29-14-6-7-17-18(9-14)32(19(30-17)21(25,26)27)10-15(31-33-2)11-34-16-5-3-4-13(8-16)20(22,23)24/h3-9,12H,10-11H2,1-2H3,(H,28,29)/b31-15-. The molecule has 7 nitrogen and oxygen atoms in total. The van der Waals surface area contributed by atoms with Crippen LogP contribution in [0.5, 0.6) is 5.75 Å². The quantitative estimate of drug-likeness (QED) is 0.205. The molecule has 3 rings (SSSR count). The van der Waals surface area contributed by atoms with E-state index in [9.17, 15) is 26.3 Å². The molecule has 0 aliphatic carbocycles. The summed E-state index contributed by atoms with van der Waals surface area (Å²) >= 11 is 0. The highest BCUT2D eigenvalue weighted by Crippen LogP contribution is 2.33. The van der Waals surface area contributed by atoms with Crippen LogP contribution in [0.3, 0.4) is 0 Å². The summed E-state index contributed by atoms with van der Waals surface area (Å²) < 4.78 is 86.1. The summed E-state index contributed by atoms with van der Waals surface area (Å²) in [5.41, 5.74) is -0.242. The van der Waals surface area contributed by atoms with Gasteiger partial charge in [-0.25, -0.2) is 4.98 Å². The summed E-state index contributed by atoms with van der Waals surface area (Å²) in [5, 5.41) is 6.52. The Morgan fingerprint density at radius 1 is 1.09 bits per heavy atom. The van der Waals surface area contributed by atoms with E-state index in [1.807, 2.05) is 0 Å². The van der Waals surface area contributed by atoms with Crippen LogP contribution in [0, 0.1) is 0 Å². The Labute approximate surface area is 189 Å². The molecule has 0 bridgehead atoms. The Bertz CT molecular complexity index is 1200. The third-order valence-corrected chi connectivity index (χ3v) is 4.49. The molecule has 0 saturated carbocycles. The molecule has 182 valence electrons. The minimum absolute atomic E-state index is 0.0156. The zero-order valence-corrected chi connectivity index (χ0v) is 17.9. The minimum Gasteiger partial charge on any atom is -0.487 e. The lowest BCUT2D eigenvalue weighted by molar-refractivity contribution is -0.146. The lowest BCUT2D eigenvalue weighted by Gasteiger charge is -2.14. The molecule has 0 spiro atoms. The van der Waals surface area contributed by atoms with E-state index in [0.717, 1.165) is 22.8 Å². The van der Waals surface area contributed by atoms with Gasteiger partial charge < -0.3 is 19.5 Å². The molecule has 1 heterocycles. The van der Waals surface area contributed by atoms with Gasteiger partial charge in [-0.15, -0.1) is 0 Å². The number of aromatic nitrogens is 2. The molecular formula is C21H19F6N5O2. The molecule has 2 aromatic carbocycles. The topological polar surface area (TPSA) is 73.0 Å². The first-order valence-corrected chi connectivity index (χ1v) is 9.66. The van der Waals surface area contributed by atoms with Gasteiger partial charge in [0.2, 0.25) is 5.82 Å². The number of aliphatic imine (C=N–C) groups is 1. The van der Waals surface area contributed by atoms with Gasteiger partial charge in [-0.2, -0.15) is 26.3 Å². The molecule has 13 heteroatoms. The van der Waals surface area contributed by atoms with Crippen molar-refractivity contribution in [3.8, 4) is 5.75 Å². The fraction of sp³-hybridized carbons (Fsp3) is 0.286. The van der Waals surface area contributed by atoms with Crippen molar-refractivity contribution < 1.29 is 35.9 Å². The highest BCUT2D eigenvalue weighted by Gasteiger charge is 2.38. The lowest BCUT2D eigenvalue weighted by atomic mass is 10.2. The van der Waals surface area contributed by atoms with E-state index in [0.29, 0.717) is 5.69 Å². The molecule has 0 fully saturated rings. The number of halogens is 6. The van der Waals surface area contributed by atoms with Gasteiger partial charge in [0.05, 0.1) is 29.5 Å². The number of hydrogen-bond donors (Lipinski definition) is 1. The largest absolute Gasteiger partial charge is 0.487 e. The SMILES string of the molecule is CN=CNc1ccc2nc(C(F)(F)F)n(C/C(COc3cccc(C(F)(F)F)c3)=N/OC)c2c1. The Kier molecular flexibility index (Phi) is 7.32. The van der Waals surface area contributed by atoms with Crippen LogP contribution in [0.15, 0.2) is 52.6 Å². The Hall–Kier alpha value is -3.77. The maximum atomic E-state index is 13.7. The van der Waals surface area contributed by atoms with E-state index in [1.165, 1.54) is 38.7 Å². The van der Waals surface area contributed by atoms with Crippen LogP contribution in [0.4, 0.5) is 32.0 Å². The summed E-state index contributed by atoms with van der Waals surface area (Å²) in [4.78, 5) is 12.2. The van der Waals surface area contributed by atoms with Crippen molar-refractivity contribution in [3.05, 3.63) is 53.9 Å². The molecule has 0 saturated heterocycles. The molecule has 1 N–H and O–H groups in total. The van der Waals surface area contributed by atoms with Gasteiger partial charge >= 0.3 is 12.4 Å². The van der Waals surface area contributed by atoms with Crippen LogP contribution in [-0.2, 0) is 23.7 Å². The van der Waals surface area contributed by atoms with Crippen molar-refractivity contribution in [2.75, 3.05) is 26.1 Å². The monoisotopic (exact) mass is 487 g/mol. The lowest BCUT2D eigenvalue weighted by Crippen LogP contribution is -2.23. The fourth-order valence-corrected chi connectivity index (χ4v) is 3.07. The van der Waals surface area contributed by atoms with E-state index in [2.05, 4.69) is 20.4 Å². The molecule has 3 aromatic rings. The Morgan fingerprint density at radius 2 is 1.85 bits per heavy atom. The molecular weight excluding hydrogens is 468 g/mol. The highest BCUT2D eigenvalue weighted by atomic mass is 19.4. The van der Waals surface area contributed by atoms with Crippen molar-refractivity contribution >= 4 is 28.8 Å². The molecule has 0 atom stereocenters. The summed E-state index contributed by atoms with van der Waals surface area (Å²) in [7, 11) is 2.71. The number of ether oxygens (including phenoxy) is 1. The van der Waals surface area contributed by atoms with Crippen molar-refractivity contribution in [1.82, 2.24) is 9.55 Å². The molecule has 0 amide bonds. The second-order valence-corrected chi connectivity index (χ2v) is 6.91. The molecule has 0 radical (unpaired) electrons. The predicted molar refractivity (Wildman–Crippen MR) is 114 cm³/mol. The zero-order valence-electron chi connectivity index (χ0n) is 17.9. The highest BCUT2D eigenvalue weighted by molar-refractivity contribution is 5.89.